The van der Waals surface area contributed by atoms with E-state index in [2.05, 4.69) is 10.6 Å². The van der Waals surface area contributed by atoms with E-state index in [4.69, 9.17) is 11.5 Å². The largest absolute Gasteiger partial charge is 0.316 e. The fourth-order valence-corrected chi connectivity index (χ4v) is 0.748. The molecule has 0 aliphatic heterocycles. The van der Waals surface area contributed by atoms with Crippen LogP contribution in [0.3, 0.4) is 0 Å². The molecule has 0 saturated carbocycles. The first kappa shape index (κ1) is 10.8. The van der Waals surface area contributed by atoms with Gasteiger partial charge in [-0.1, -0.05) is 0 Å². The number of hydrogen-bond donors (Lipinski definition) is 4. The molecule has 0 bridgehead atoms. The minimum Gasteiger partial charge on any atom is -0.316 e. The van der Waals surface area contributed by atoms with Gasteiger partial charge in [0.25, 0.3) is 0 Å². The van der Waals surface area contributed by atoms with E-state index in [1.165, 1.54) is 0 Å². The van der Waals surface area contributed by atoms with Crippen LogP contribution in [0, 0.1) is 0 Å². The first-order chi connectivity index (χ1) is 5.13. The van der Waals surface area contributed by atoms with Crippen LogP contribution in [-0.2, 0) is 0 Å². The Morgan fingerprint density at radius 1 is 1.00 bits per heavy atom. The van der Waals surface area contributed by atoms with Crippen molar-refractivity contribution < 1.29 is 0 Å². The lowest BCUT2D eigenvalue weighted by molar-refractivity contribution is 0.507. The molecule has 0 radical (unpaired) electrons. The van der Waals surface area contributed by atoms with Crippen LogP contribution < -0.4 is 22.1 Å². The van der Waals surface area contributed by atoms with Crippen molar-refractivity contribution in [3.8, 4) is 0 Å². The second kappa shape index (κ2) is 6.54. The van der Waals surface area contributed by atoms with Crippen LogP contribution in [0.4, 0.5) is 0 Å². The summed E-state index contributed by atoms with van der Waals surface area (Å²) in [4.78, 5) is 0. The van der Waals surface area contributed by atoms with E-state index < -0.39 is 0 Å². The van der Waals surface area contributed by atoms with E-state index in [-0.39, 0.29) is 12.3 Å². The molecule has 4 nitrogen and oxygen atoms in total. The fourth-order valence-electron chi connectivity index (χ4n) is 0.748. The van der Waals surface area contributed by atoms with Crippen LogP contribution in [0.1, 0.15) is 20.3 Å². The summed E-state index contributed by atoms with van der Waals surface area (Å²) in [5.41, 5.74) is 11.0. The zero-order chi connectivity index (χ0) is 8.69. The lowest BCUT2D eigenvalue weighted by atomic mass is 10.4. The van der Waals surface area contributed by atoms with Crippen molar-refractivity contribution in [1.29, 1.82) is 0 Å². The van der Waals surface area contributed by atoms with Crippen LogP contribution in [0.25, 0.3) is 0 Å². The van der Waals surface area contributed by atoms with Gasteiger partial charge >= 0.3 is 0 Å². The van der Waals surface area contributed by atoms with Gasteiger partial charge < -0.3 is 22.1 Å². The lowest BCUT2D eigenvalue weighted by Crippen LogP contribution is -2.38. The number of hydrogen-bond acceptors (Lipinski definition) is 4. The summed E-state index contributed by atoms with van der Waals surface area (Å²) >= 11 is 0. The van der Waals surface area contributed by atoms with E-state index >= 15 is 0 Å². The maximum absolute atomic E-state index is 5.48. The van der Waals surface area contributed by atoms with Crippen molar-refractivity contribution in [2.45, 2.75) is 32.6 Å². The van der Waals surface area contributed by atoms with Gasteiger partial charge in [0.15, 0.2) is 0 Å². The Hall–Kier alpha value is -0.160. The maximum Gasteiger partial charge on any atom is 0.0517 e. The van der Waals surface area contributed by atoms with Crippen molar-refractivity contribution in [3.05, 3.63) is 0 Å². The third-order valence-corrected chi connectivity index (χ3v) is 1.29. The Morgan fingerprint density at radius 2 is 1.36 bits per heavy atom. The van der Waals surface area contributed by atoms with Gasteiger partial charge in [-0.3, -0.25) is 0 Å². The van der Waals surface area contributed by atoms with Crippen molar-refractivity contribution >= 4 is 0 Å². The van der Waals surface area contributed by atoms with Gasteiger partial charge in [0.05, 0.1) is 12.3 Å². The third-order valence-electron chi connectivity index (χ3n) is 1.29. The standard InChI is InChI=1S/C7H20N4/c1-6(8)10-4-3-5-11-7(2)9/h6-7,10-11H,3-5,8-9H2,1-2H3. The second-order valence-corrected chi connectivity index (χ2v) is 2.84. The molecular formula is C7H20N4. The monoisotopic (exact) mass is 160 g/mol. The Kier molecular flexibility index (Phi) is 6.45. The van der Waals surface area contributed by atoms with Gasteiger partial charge in [-0.15, -0.1) is 0 Å². The van der Waals surface area contributed by atoms with Crippen LogP contribution in [0.5, 0.6) is 0 Å². The summed E-state index contributed by atoms with van der Waals surface area (Å²) in [6.07, 6.45) is 1.24. The Bertz CT molecular complexity index is 72.5. The smallest absolute Gasteiger partial charge is 0.0517 e. The highest BCUT2D eigenvalue weighted by Crippen LogP contribution is 1.75. The van der Waals surface area contributed by atoms with Crippen molar-refractivity contribution in [1.82, 2.24) is 10.6 Å². The molecule has 0 saturated heterocycles. The molecule has 2 unspecified atom stereocenters. The van der Waals surface area contributed by atoms with Gasteiger partial charge in [0, 0.05) is 0 Å². The summed E-state index contributed by atoms with van der Waals surface area (Å²) in [5.74, 6) is 0. The van der Waals surface area contributed by atoms with E-state index in [9.17, 15) is 0 Å². The molecule has 0 rings (SSSR count). The van der Waals surface area contributed by atoms with E-state index in [0.717, 1.165) is 19.5 Å². The molecule has 0 fully saturated rings. The number of nitrogens with one attached hydrogen (secondary N) is 2. The van der Waals surface area contributed by atoms with Crippen molar-refractivity contribution in [3.63, 3.8) is 0 Å². The van der Waals surface area contributed by atoms with Crippen LogP contribution in [0.15, 0.2) is 0 Å². The van der Waals surface area contributed by atoms with Gasteiger partial charge in [-0.2, -0.15) is 0 Å². The predicted molar refractivity (Wildman–Crippen MR) is 47.9 cm³/mol. The molecule has 0 spiro atoms. The quantitative estimate of drug-likeness (QED) is 0.302. The normalized spacial score (nSPS) is 16.4. The summed E-state index contributed by atoms with van der Waals surface area (Å²) in [5, 5.41) is 6.23. The molecule has 4 heteroatoms. The summed E-state index contributed by atoms with van der Waals surface area (Å²) < 4.78 is 0. The molecule has 0 aliphatic carbocycles. The van der Waals surface area contributed by atoms with Gasteiger partial charge in [0.1, 0.15) is 0 Å². The maximum atomic E-state index is 5.48. The first-order valence-electron chi connectivity index (χ1n) is 4.11. The molecule has 0 aliphatic rings. The number of rotatable bonds is 6. The lowest BCUT2D eigenvalue weighted by Gasteiger charge is -2.10. The van der Waals surface area contributed by atoms with Crippen LogP contribution in [-0.4, -0.2) is 25.4 Å². The minimum atomic E-state index is 0.0882. The predicted octanol–water partition coefficient (Wildman–Crippen LogP) is -0.835. The highest BCUT2D eigenvalue weighted by molar-refractivity contribution is 4.55. The molecular weight excluding hydrogens is 140 g/mol. The molecule has 0 amide bonds. The van der Waals surface area contributed by atoms with Gasteiger partial charge in [0.2, 0.25) is 0 Å². The zero-order valence-corrected chi connectivity index (χ0v) is 7.43. The number of nitrogens with two attached hydrogens (primary N) is 2. The molecule has 0 aromatic carbocycles. The Balaban J connectivity index is 2.91. The summed E-state index contributed by atoms with van der Waals surface area (Å²) in [6.45, 7) is 5.74. The van der Waals surface area contributed by atoms with Gasteiger partial charge in [-0.05, 0) is 33.4 Å². The molecule has 0 aromatic heterocycles. The summed E-state index contributed by atoms with van der Waals surface area (Å²) in [6, 6.07) is 0. The first-order valence-corrected chi connectivity index (χ1v) is 4.11. The zero-order valence-electron chi connectivity index (χ0n) is 7.43. The van der Waals surface area contributed by atoms with Crippen LogP contribution in [0.2, 0.25) is 0 Å². The molecule has 0 heterocycles. The van der Waals surface area contributed by atoms with E-state index in [0.29, 0.717) is 0 Å². The van der Waals surface area contributed by atoms with Crippen LogP contribution >= 0.6 is 0 Å². The molecule has 68 valence electrons. The van der Waals surface area contributed by atoms with Gasteiger partial charge in [-0.25, -0.2) is 0 Å². The average molecular weight is 160 g/mol. The second-order valence-electron chi connectivity index (χ2n) is 2.84. The third kappa shape index (κ3) is 9.84. The molecule has 11 heavy (non-hydrogen) atoms. The van der Waals surface area contributed by atoms with E-state index in [1.807, 2.05) is 13.8 Å². The van der Waals surface area contributed by atoms with Crippen molar-refractivity contribution in [2.75, 3.05) is 13.1 Å². The highest BCUT2D eigenvalue weighted by Gasteiger charge is 1.93. The molecule has 2 atom stereocenters. The van der Waals surface area contributed by atoms with E-state index in [1.54, 1.807) is 0 Å². The molecule has 0 aromatic rings. The Labute approximate surface area is 68.7 Å². The minimum absolute atomic E-state index is 0.0882. The average Bonchev–Trinajstić information content (AvgIpc) is 1.85. The SMILES string of the molecule is CC(N)NCCCNC(C)N. The fraction of sp³-hybridized carbons (Fsp3) is 1.00. The summed E-state index contributed by atoms with van der Waals surface area (Å²) in [7, 11) is 0. The Morgan fingerprint density at radius 3 is 1.64 bits per heavy atom. The highest BCUT2D eigenvalue weighted by atomic mass is 15.0. The van der Waals surface area contributed by atoms with Crippen molar-refractivity contribution in [2.24, 2.45) is 11.5 Å². The topological polar surface area (TPSA) is 76.1 Å². The molecule has 6 N–H and O–H groups in total.